The van der Waals surface area contributed by atoms with Crippen molar-refractivity contribution in [3.05, 3.63) is 11.9 Å². The fourth-order valence-corrected chi connectivity index (χ4v) is 1.18. The summed E-state index contributed by atoms with van der Waals surface area (Å²) in [6.45, 7) is 2.13. The number of hydrogen-bond acceptors (Lipinski definition) is 2. The molecule has 0 aromatic rings. The second-order valence-electron chi connectivity index (χ2n) is 2.91. The van der Waals surface area contributed by atoms with E-state index in [-0.39, 0.29) is 0 Å². The lowest BCUT2D eigenvalue weighted by molar-refractivity contribution is 0.599. The first-order chi connectivity index (χ1) is 4.36. The first-order valence-corrected chi connectivity index (χ1v) is 3.59. The van der Waals surface area contributed by atoms with Gasteiger partial charge in [-0.15, -0.1) is 0 Å². The highest BCUT2D eigenvalue weighted by Gasteiger charge is 2.28. The monoisotopic (exact) mass is 124 g/mol. The van der Waals surface area contributed by atoms with E-state index in [1.54, 1.807) is 0 Å². The average molecular weight is 124 g/mol. The van der Waals surface area contributed by atoms with Crippen molar-refractivity contribution < 1.29 is 0 Å². The van der Waals surface area contributed by atoms with Gasteiger partial charge in [-0.1, -0.05) is 0 Å². The Balaban J connectivity index is 1.98. The second-order valence-corrected chi connectivity index (χ2v) is 2.91. The third kappa shape index (κ3) is 0.889. The van der Waals surface area contributed by atoms with Crippen LogP contribution in [0.5, 0.6) is 0 Å². The zero-order chi connectivity index (χ0) is 6.27. The molecule has 0 radical (unpaired) electrons. The SMILES string of the molecule is CC1NC=C(C2CC2)N1. The van der Waals surface area contributed by atoms with Gasteiger partial charge in [0.1, 0.15) is 0 Å². The van der Waals surface area contributed by atoms with Crippen molar-refractivity contribution in [2.24, 2.45) is 5.92 Å². The summed E-state index contributed by atoms with van der Waals surface area (Å²) in [5.74, 6) is 0.863. The lowest BCUT2D eigenvalue weighted by atomic mass is 10.3. The van der Waals surface area contributed by atoms with E-state index in [9.17, 15) is 0 Å². The van der Waals surface area contributed by atoms with Gasteiger partial charge in [-0.25, -0.2) is 0 Å². The van der Waals surface area contributed by atoms with Crippen molar-refractivity contribution >= 4 is 0 Å². The molecule has 9 heavy (non-hydrogen) atoms. The second kappa shape index (κ2) is 1.66. The van der Waals surface area contributed by atoms with Crippen LogP contribution in [0.25, 0.3) is 0 Å². The summed E-state index contributed by atoms with van der Waals surface area (Å²) in [6.07, 6.45) is 5.34. The lowest BCUT2D eigenvalue weighted by Crippen LogP contribution is -2.28. The first kappa shape index (κ1) is 5.15. The van der Waals surface area contributed by atoms with E-state index in [0.717, 1.165) is 5.92 Å². The predicted molar refractivity (Wildman–Crippen MR) is 36.5 cm³/mol. The molecule has 2 heteroatoms. The Labute approximate surface area is 55.3 Å². The fraction of sp³-hybridized carbons (Fsp3) is 0.714. The van der Waals surface area contributed by atoms with Gasteiger partial charge < -0.3 is 10.6 Å². The van der Waals surface area contributed by atoms with Crippen molar-refractivity contribution in [1.29, 1.82) is 0 Å². The van der Waals surface area contributed by atoms with E-state index in [0.29, 0.717) is 6.17 Å². The summed E-state index contributed by atoms with van der Waals surface area (Å²) in [7, 11) is 0. The first-order valence-electron chi connectivity index (χ1n) is 3.59. The van der Waals surface area contributed by atoms with Gasteiger partial charge in [-0.3, -0.25) is 0 Å². The van der Waals surface area contributed by atoms with Gasteiger partial charge in [0.2, 0.25) is 0 Å². The summed E-state index contributed by atoms with van der Waals surface area (Å²) >= 11 is 0. The van der Waals surface area contributed by atoms with E-state index >= 15 is 0 Å². The molecule has 1 heterocycles. The molecule has 0 saturated heterocycles. The molecule has 0 aromatic heterocycles. The van der Waals surface area contributed by atoms with Gasteiger partial charge in [-0.05, 0) is 19.8 Å². The standard InChI is InChI=1S/C7H12N2/c1-5-8-4-7(9-5)6-2-3-6/h4-6,8-9H,2-3H2,1H3. The van der Waals surface area contributed by atoms with Crippen molar-refractivity contribution in [2.45, 2.75) is 25.9 Å². The van der Waals surface area contributed by atoms with Crippen LogP contribution in [0, 0.1) is 5.92 Å². The van der Waals surface area contributed by atoms with Gasteiger partial charge in [0.15, 0.2) is 0 Å². The molecular weight excluding hydrogens is 112 g/mol. The van der Waals surface area contributed by atoms with Crippen LogP contribution >= 0.6 is 0 Å². The zero-order valence-corrected chi connectivity index (χ0v) is 5.65. The van der Waals surface area contributed by atoms with Crippen molar-refractivity contribution in [3.8, 4) is 0 Å². The Bertz CT molecular complexity index is 147. The Morgan fingerprint density at radius 3 is 2.78 bits per heavy atom. The summed E-state index contributed by atoms with van der Waals surface area (Å²) in [6, 6.07) is 0. The highest BCUT2D eigenvalue weighted by molar-refractivity contribution is 5.14. The Kier molecular flexibility index (Phi) is 0.949. The molecule has 0 spiro atoms. The van der Waals surface area contributed by atoms with Crippen LogP contribution in [-0.2, 0) is 0 Å². The number of nitrogens with one attached hydrogen (secondary N) is 2. The molecule has 1 aliphatic carbocycles. The normalized spacial score (nSPS) is 33.0. The Hall–Kier alpha value is -0.660. The molecule has 2 aliphatic rings. The molecular formula is C7H12N2. The highest BCUT2D eigenvalue weighted by atomic mass is 15.2. The van der Waals surface area contributed by atoms with Crippen LogP contribution < -0.4 is 10.6 Å². The summed E-state index contributed by atoms with van der Waals surface area (Å²) in [5, 5.41) is 6.58. The number of rotatable bonds is 1. The maximum Gasteiger partial charge on any atom is 0.0928 e. The minimum atomic E-state index is 0.459. The topological polar surface area (TPSA) is 24.1 Å². The van der Waals surface area contributed by atoms with Crippen LogP contribution in [0.3, 0.4) is 0 Å². The number of hydrogen-bond donors (Lipinski definition) is 2. The Morgan fingerprint density at radius 1 is 1.56 bits per heavy atom. The summed E-state index contributed by atoms with van der Waals surface area (Å²) in [5.41, 5.74) is 1.42. The van der Waals surface area contributed by atoms with Crippen LogP contribution in [0.15, 0.2) is 11.9 Å². The van der Waals surface area contributed by atoms with E-state index in [4.69, 9.17) is 0 Å². The Morgan fingerprint density at radius 2 is 2.33 bits per heavy atom. The van der Waals surface area contributed by atoms with Crippen LogP contribution in [0.2, 0.25) is 0 Å². The molecule has 1 aliphatic heterocycles. The molecule has 2 nitrogen and oxygen atoms in total. The van der Waals surface area contributed by atoms with E-state index in [1.165, 1.54) is 18.5 Å². The predicted octanol–water partition coefficient (Wildman–Crippen LogP) is 0.777. The van der Waals surface area contributed by atoms with E-state index in [1.807, 2.05) is 0 Å². The fourth-order valence-electron chi connectivity index (χ4n) is 1.18. The molecule has 1 unspecified atom stereocenters. The van der Waals surface area contributed by atoms with Crippen molar-refractivity contribution in [2.75, 3.05) is 0 Å². The average Bonchev–Trinajstić information content (AvgIpc) is 2.58. The molecule has 1 saturated carbocycles. The maximum absolute atomic E-state index is 3.37. The van der Waals surface area contributed by atoms with Gasteiger partial charge >= 0.3 is 0 Å². The van der Waals surface area contributed by atoms with Crippen molar-refractivity contribution in [3.63, 3.8) is 0 Å². The zero-order valence-electron chi connectivity index (χ0n) is 5.65. The van der Waals surface area contributed by atoms with Crippen LogP contribution in [-0.4, -0.2) is 6.17 Å². The van der Waals surface area contributed by atoms with Gasteiger partial charge in [-0.2, -0.15) is 0 Å². The molecule has 0 amide bonds. The van der Waals surface area contributed by atoms with Crippen LogP contribution in [0.4, 0.5) is 0 Å². The van der Waals surface area contributed by atoms with Gasteiger partial charge in [0, 0.05) is 17.8 Å². The van der Waals surface area contributed by atoms with E-state index < -0.39 is 0 Å². The molecule has 2 N–H and O–H groups in total. The maximum atomic E-state index is 3.37. The van der Waals surface area contributed by atoms with Crippen LogP contribution in [0.1, 0.15) is 19.8 Å². The smallest absolute Gasteiger partial charge is 0.0928 e. The third-order valence-electron chi connectivity index (χ3n) is 1.89. The number of allylic oxidation sites excluding steroid dienone is 1. The largest absolute Gasteiger partial charge is 0.370 e. The molecule has 0 bridgehead atoms. The minimum absolute atomic E-state index is 0.459. The van der Waals surface area contributed by atoms with Crippen molar-refractivity contribution in [1.82, 2.24) is 10.6 Å². The molecule has 2 rings (SSSR count). The van der Waals surface area contributed by atoms with E-state index in [2.05, 4.69) is 23.8 Å². The quantitative estimate of drug-likeness (QED) is 0.539. The molecule has 0 aromatic carbocycles. The van der Waals surface area contributed by atoms with Gasteiger partial charge in [0.05, 0.1) is 6.17 Å². The molecule has 50 valence electrons. The minimum Gasteiger partial charge on any atom is -0.370 e. The summed E-state index contributed by atoms with van der Waals surface area (Å²) < 4.78 is 0. The molecule has 1 atom stereocenters. The van der Waals surface area contributed by atoms with Gasteiger partial charge in [0.25, 0.3) is 0 Å². The summed E-state index contributed by atoms with van der Waals surface area (Å²) in [4.78, 5) is 0. The highest BCUT2D eigenvalue weighted by Crippen LogP contribution is 2.35. The molecule has 1 fully saturated rings. The lowest BCUT2D eigenvalue weighted by Gasteiger charge is -2.05. The third-order valence-corrected chi connectivity index (χ3v) is 1.89.